The molecular weight excluding hydrogens is 258 g/mol. The van der Waals surface area contributed by atoms with Crippen molar-refractivity contribution in [1.29, 1.82) is 0 Å². The summed E-state index contributed by atoms with van der Waals surface area (Å²) in [7, 11) is 3.82. The van der Waals surface area contributed by atoms with Crippen molar-refractivity contribution in [3.8, 4) is 0 Å². The molecule has 0 aliphatic rings. The van der Waals surface area contributed by atoms with Gasteiger partial charge in [0.2, 0.25) is 0 Å². The second-order valence-electron chi connectivity index (χ2n) is 3.32. The topological polar surface area (TPSA) is 53.1 Å². The Labute approximate surface area is 98.4 Å². The van der Waals surface area contributed by atoms with Crippen LogP contribution in [0.15, 0.2) is 10.8 Å². The largest absolute Gasteiger partial charge is 0.369 e. The number of hydrazine groups is 1. The highest BCUT2D eigenvalue weighted by Gasteiger charge is 2.07. The predicted octanol–water partition coefficient (Wildman–Crippen LogP) is 1.95. The fourth-order valence-corrected chi connectivity index (χ4v) is 1.46. The van der Waals surface area contributed by atoms with Gasteiger partial charge in [0.25, 0.3) is 0 Å². The maximum absolute atomic E-state index is 4.16. The van der Waals surface area contributed by atoms with Crippen LogP contribution in [0.4, 0.5) is 11.6 Å². The lowest BCUT2D eigenvalue weighted by atomic mass is 10.4. The van der Waals surface area contributed by atoms with Crippen molar-refractivity contribution in [1.82, 2.24) is 15.0 Å². The zero-order valence-corrected chi connectivity index (χ0v) is 10.8. The van der Waals surface area contributed by atoms with Crippen molar-refractivity contribution < 1.29 is 0 Å². The van der Waals surface area contributed by atoms with Gasteiger partial charge in [0.05, 0.1) is 0 Å². The van der Waals surface area contributed by atoms with Crippen LogP contribution in [-0.2, 0) is 0 Å². The first-order valence-corrected chi connectivity index (χ1v) is 5.62. The summed E-state index contributed by atoms with van der Waals surface area (Å²) in [6.07, 6.45) is 2.60. The van der Waals surface area contributed by atoms with E-state index in [0.717, 1.165) is 29.1 Å². The molecule has 1 heterocycles. The van der Waals surface area contributed by atoms with Crippen LogP contribution in [0.25, 0.3) is 0 Å². The summed E-state index contributed by atoms with van der Waals surface area (Å²) in [6, 6.07) is 0. The van der Waals surface area contributed by atoms with Crippen molar-refractivity contribution in [2.45, 2.75) is 13.3 Å². The van der Waals surface area contributed by atoms with Crippen molar-refractivity contribution in [2.75, 3.05) is 31.4 Å². The molecule has 1 aromatic heterocycles. The Hall–Kier alpha value is -0.880. The van der Waals surface area contributed by atoms with Crippen LogP contribution in [0.5, 0.6) is 0 Å². The molecule has 5 nitrogen and oxygen atoms in total. The number of nitrogens with zero attached hydrogens (tertiary/aromatic N) is 3. The van der Waals surface area contributed by atoms with Gasteiger partial charge in [-0.2, -0.15) is 0 Å². The van der Waals surface area contributed by atoms with Gasteiger partial charge in [-0.15, -0.1) is 0 Å². The highest BCUT2D eigenvalue weighted by Crippen LogP contribution is 2.26. The van der Waals surface area contributed by atoms with Crippen LogP contribution in [0.3, 0.4) is 0 Å². The zero-order valence-electron chi connectivity index (χ0n) is 9.21. The Balaban J connectivity index is 2.80. The van der Waals surface area contributed by atoms with Crippen molar-refractivity contribution in [3.63, 3.8) is 0 Å². The van der Waals surface area contributed by atoms with Gasteiger partial charge < -0.3 is 10.7 Å². The molecule has 0 saturated carbocycles. The van der Waals surface area contributed by atoms with Gasteiger partial charge in [-0.25, -0.2) is 15.0 Å². The van der Waals surface area contributed by atoms with E-state index in [-0.39, 0.29) is 0 Å². The molecular formula is C9H16BrN5. The van der Waals surface area contributed by atoms with Crippen LogP contribution >= 0.6 is 15.9 Å². The third-order valence-electron chi connectivity index (χ3n) is 1.66. The number of anilines is 2. The molecule has 0 fully saturated rings. The molecule has 15 heavy (non-hydrogen) atoms. The number of aromatic nitrogens is 2. The average Bonchev–Trinajstić information content (AvgIpc) is 2.19. The lowest BCUT2D eigenvalue weighted by Crippen LogP contribution is -2.21. The number of hydrogen-bond donors (Lipinski definition) is 2. The predicted molar refractivity (Wildman–Crippen MR) is 65.8 cm³/mol. The van der Waals surface area contributed by atoms with E-state index in [1.54, 1.807) is 0 Å². The van der Waals surface area contributed by atoms with E-state index in [1.165, 1.54) is 6.33 Å². The molecule has 0 unspecified atom stereocenters. The summed E-state index contributed by atoms with van der Waals surface area (Å²) in [6.45, 7) is 3.01. The van der Waals surface area contributed by atoms with Gasteiger partial charge in [0.15, 0.2) is 5.82 Å². The molecule has 0 aliphatic carbocycles. The third kappa shape index (κ3) is 3.64. The molecule has 2 N–H and O–H groups in total. The van der Waals surface area contributed by atoms with E-state index in [2.05, 4.69) is 43.6 Å². The summed E-state index contributed by atoms with van der Waals surface area (Å²) < 4.78 is 0.854. The number of nitrogens with one attached hydrogen (secondary N) is 2. The monoisotopic (exact) mass is 273 g/mol. The van der Waals surface area contributed by atoms with Gasteiger partial charge >= 0.3 is 0 Å². The smallest absolute Gasteiger partial charge is 0.160 e. The van der Waals surface area contributed by atoms with Crippen molar-refractivity contribution in [3.05, 3.63) is 10.8 Å². The number of hydrogen-bond acceptors (Lipinski definition) is 5. The molecule has 0 spiro atoms. The minimum absolute atomic E-state index is 0.758. The van der Waals surface area contributed by atoms with E-state index in [1.807, 2.05) is 19.1 Å². The lowest BCUT2D eigenvalue weighted by molar-refractivity contribution is 0.491. The molecule has 0 radical (unpaired) electrons. The maximum atomic E-state index is 4.16. The fraction of sp³-hybridized carbons (Fsp3) is 0.556. The molecule has 6 heteroatoms. The van der Waals surface area contributed by atoms with Crippen LogP contribution < -0.4 is 10.7 Å². The summed E-state index contributed by atoms with van der Waals surface area (Å²) in [5.41, 5.74) is 3.09. The molecule has 0 aliphatic heterocycles. The van der Waals surface area contributed by atoms with E-state index < -0.39 is 0 Å². The number of halogens is 1. The standard InChI is InChI=1S/C9H16BrN5/c1-4-5-11-8-7(10)9(13-6-12-8)14-15(2)3/h6H,4-5H2,1-3H3,(H2,11,12,13,14). The first-order chi connectivity index (χ1) is 7.15. The van der Waals surface area contributed by atoms with Gasteiger partial charge in [0, 0.05) is 20.6 Å². The van der Waals surface area contributed by atoms with Gasteiger partial charge in [-0.3, -0.25) is 0 Å². The van der Waals surface area contributed by atoms with Crippen LogP contribution in [0.2, 0.25) is 0 Å². The number of rotatable bonds is 5. The lowest BCUT2D eigenvalue weighted by Gasteiger charge is -2.15. The van der Waals surface area contributed by atoms with Crippen LogP contribution in [0, 0.1) is 0 Å². The van der Waals surface area contributed by atoms with Crippen molar-refractivity contribution in [2.24, 2.45) is 0 Å². The van der Waals surface area contributed by atoms with E-state index in [9.17, 15) is 0 Å². The quantitative estimate of drug-likeness (QED) is 0.804. The Morgan fingerprint density at radius 3 is 2.60 bits per heavy atom. The van der Waals surface area contributed by atoms with Gasteiger partial charge in [-0.05, 0) is 22.4 Å². The first kappa shape index (κ1) is 12.2. The van der Waals surface area contributed by atoms with Crippen molar-refractivity contribution >= 4 is 27.6 Å². The first-order valence-electron chi connectivity index (χ1n) is 4.83. The zero-order chi connectivity index (χ0) is 11.3. The highest BCUT2D eigenvalue weighted by molar-refractivity contribution is 9.10. The Bertz CT molecular complexity index is 315. The molecule has 1 rings (SSSR count). The van der Waals surface area contributed by atoms with Gasteiger partial charge in [0.1, 0.15) is 16.6 Å². The maximum Gasteiger partial charge on any atom is 0.160 e. The highest BCUT2D eigenvalue weighted by atomic mass is 79.9. The normalized spacial score (nSPS) is 10.5. The molecule has 1 aromatic rings. The SMILES string of the molecule is CCCNc1ncnc(NN(C)C)c1Br. The summed E-state index contributed by atoms with van der Waals surface area (Å²) in [4.78, 5) is 8.29. The minimum atomic E-state index is 0.758. The molecule has 0 atom stereocenters. The van der Waals surface area contributed by atoms with E-state index in [4.69, 9.17) is 0 Å². The van der Waals surface area contributed by atoms with Crippen LogP contribution in [-0.4, -0.2) is 35.6 Å². The van der Waals surface area contributed by atoms with E-state index in [0.29, 0.717) is 0 Å². The molecule has 0 saturated heterocycles. The Morgan fingerprint density at radius 2 is 2.00 bits per heavy atom. The van der Waals surface area contributed by atoms with E-state index >= 15 is 0 Å². The molecule has 0 bridgehead atoms. The molecule has 84 valence electrons. The summed E-state index contributed by atoms with van der Waals surface area (Å²) in [5.74, 6) is 1.57. The summed E-state index contributed by atoms with van der Waals surface area (Å²) in [5, 5.41) is 5.05. The third-order valence-corrected chi connectivity index (χ3v) is 2.41. The summed E-state index contributed by atoms with van der Waals surface area (Å²) >= 11 is 3.46. The van der Waals surface area contributed by atoms with Gasteiger partial charge in [-0.1, -0.05) is 6.92 Å². The second-order valence-corrected chi connectivity index (χ2v) is 4.11. The fourth-order valence-electron chi connectivity index (χ4n) is 1.03. The average molecular weight is 274 g/mol. The second kappa shape index (κ2) is 5.87. The van der Waals surface area contributed by atoms with Crippen LogP contribution in [0.1, 0.15) is 13.3 Å². The molecule has 0 aromatic carbocycles. The Morgan fingerprint density at radius 1 is 1.33 bits per heavy atom. The Kier molecular flexibility index (Phi) is 4.77. The minimum Gasteiger partial charge on any atom is -0.369 e. The molecule has 0 amide bonds.